The summed E-state index contributed by atoms with van der Waals surface area (Å²) >= 11 is 0. The molecule has 1 aromatic heterocycles. The standard InChI is InChI=1S/C11H18N4O/c1-9(15-4-2-3-5-15)7-12-10-6-11(16)14-13-8-10/h6,8-9H,2-5,7H2,1H3,(H2,12,14,16). The molecule has 0 aromatic carbocycles. The van der Waals surface area contributed by atoms with Crippen molar-refractivity contribution in [2.24, 2.45) is 0 Å². The number of nitrogens with one attached hydrogen (secondary N) is 2. The highest BCUT2D eigenvalue weighted by Crippen LogP contribution is 2.11. The van der Waals surface area contributed by atoms with E-state index in [1.165, 1.54) is 32.0 Å². The Kier molecular flexibility index (Phi) is 3.56. The van der Waals surface area contributed by atoms with Crippen molar-refractivity contribution in [3.63, 3.8) is 0 Å². The Morgan fingerprint density at radius 1 is 1.56 bits per heavy atom. The Bertz CT molecular complexity index is 384. The van der Waals surface area contributed by atoms with Gasteiger partial charge in [0, 0.05) is 18.7 Å². The normalized spacial score (nSPS) is 18.6. The summed E-state index contributed by atoms with van der Waals surface area (Å²) in [5.41, 5.74) is 0.619. The summed E-state index contributed by atoms with van der Waals surface area (Å²) in [5, 5.41) is 9.34. The smallest absolute Gasteiger partial charge is 0.266 e. The van der Waals surface area contributed by atoms with Gasteiger partial charge in [-0.25, -0.2) is 5.10 Å². The zero-order valence-corrected chi connectivity index (χ0v) is 9.57. The van der Waals surface area contributed by atoms with Gasteiger partial charge in [-0.2, -0.15) is 5.10 Å². The van der Waals surface area contributed by atoms with E-state index >= 15 is 0 Å². The van der Waals surface area contributed by atoms with Crippen LogP contribution in [-0.2, 0) is 0 Å². The molecule has 2 rings (SSSR count). The lowest BCUT2D eigenvalue weighted by molar-refractivity contribution is 0.269. The first-order chi connectivity index (χ1) is 7.75. The number of anilines is 1. The molecule has 1 atom stereocenters. The van der Waals surface area contributed by atoms with E-state index in [0.29, 0.717) is 6.04 Å². The number of likely N-dealkylation sites (tertiary alicyclic amines) is 1. The van der Waals surface area contributed by atoms with Crippen molar-refractivity contribution in [2.75, 3.05) is 25.0 Å². The first kappa shape index (κ1) is 11.1. The number of H-pyrrole nitrogens is 1. The fourth-order valence-corrected chi connectivity index (χ4v) is 2.05. The summed E-state index contributed by atoms with van der Waals surface area (Å²) in [6, 6.07) is 2.03. The average Bonchev–Trinajstić information content (AvgIpc) is 2.79. The van der Waals surface area contributed by atoms with Crippen molar-refractivity contribution < 1.29 is 0 Å². The van der Waals surface area contributed by atoms with E-state index in [0.717, 1.165) is 12.2 Å². The first-order valence-corrected chi connectivity index (χ1v) is 5.78. The predicted octanol–water partition coefficient (Wildman–Crippen LogP) is 0.666. The van der Waals surface area contributed by atoms with Gasteiger partial charge in [-0.3, -0.25) is 9.69 Å². The molecule has 0 bridgehead atoms. The van der Waals surface area contributed by atoms with Gasteiger partial charge in [0.2, 0.25) is 0 Å². The number of nitrogens with zero attached hydrogens (tertiary/aromatic N) is 2. The molecule has 1 fully saturated rings. The molecule has 0 spiro atoms. The summed E-state index contributed by atoms with van der Waals surface area (Å²) in [6.07, 6.45) is 4.24. The highest BCUT2D eigenvalue weighted by Gasteiger charge is 2.17. The fourth-order valence-electron chi connectivity index (χ4n) is 2.05. The SMILES string of the molecule is CC(CNc1cn[nH]c(=O)c1)N1CCCC1. The lowest BCUT2D eigenvalue weighted by Crippen LogP contribution is -2.35. The number of rotatable bonds is 4. The van der Waals surface area contributed by atoms with Gasteiger partial charge in [-0.1, -0.05) is 0 Å². The van der Waals surface area contributed by atoms with Crippen molar-refractivity contribution >= 4 is 5.69 Å². The molecule has 0 amide bonds. The summed E-state index contributed by atoms with van der Waals surface area (Å²) in [6.45, 7) is 5.44. The second-order valence-electron chi connectivity index (χ2n) is 4.31. The van der Waals surface area contributed by atoms with Gasteiger partial charge in [0.1, 0.15) is 0 Å². The average molecular weight is 222 g/mol. The summed E-state index contributed by atoms with van der Waals surface area (Å²) in [7, 11) is 0. The van der Waals surface area contributed by atoms with Crippen LogP contribution in [0.2, 0.25) is 0 Å². The number of aromatic nitrogens is 2. The molecule has 0 aliphatic carbocycles. The third-order valence-electron chi connectivity index (χ3n) is 3.03. The van der Waals surface area contributed by atoms with Crippen molar-refractivity contribution in [3.8, 4) is 0 Å². The Morgan fingerprint density at radius 3 is 3.00 bits per heavy atom. The number of hydrogen-bond donors (Lipinski definition) is 2. The topological polar surface area (TPSA) is 61.0 Å². The molecule has 0 saturated carbocycles. The van der Waals surface area contributed by atoms with E-state index in [2.05, 4.69) is 27.3 Å². The fraction of sp³-hybridized carbons (Fsp3) is 0.636. The molecule has 1 aliphatic heterocycles. The maximum absolute atomic E-state index is 11.0. The minimum Gasteiger partial charge on any atom is -0.382 e. The Labute approximate surface area is 94.9 Å². The molecule has 5 heteroatoms. The highest BCUT2D eigenvalue weighted by molar-refractivity contribution is 5.38. The molecular formula is C11H18N4O. The van der Waals surface area contributed by atoms with Crippen LogP contribution in [0.25, 0.3) is 0 Å². The first-order valence-electron chi connectivity index (χ1n) is 5.78. The second kappa shape index (κ2) is 5.12. The number of hydrogen-bond acceptors (Lipinski definition) is 4. The third-order valence-corrected chi connectivity index (χ3v) is 3.03. The lowest BCUT2D eigenvalue weighted by Gasteiger charge is -2.24. The van der Waals surface area contributed by atoms with Crippen LogP contribution in [-0.4, -0.2) is 40.8 Å². The molecule has 1 unspecified atom stereocenters. The van der Waals surface area contributed by atoms with Gasteiger partial charge >= 0.3 is 0 Å². The quantitative estimate of drug-likeness (QED) is 0.786. The molecule has 5 nitrogen and oxygen atoms in total. The minimum atomic E-state index is -0.168. The lowest BCUT2D eigenvalue weighted by atomic mass is 10.3. The molecule has 2 heterocycles. The van der Waals surface area contributed by atoms with Gasteiger partial charge in [-0.15, -0.1) is 0 Å². The third kappa shape index (κ3) is 2.82. The second-order valence-corrected chi connectivity index (χ2v) is 4.31. The maximum Gasteiger partial charge on any atom is 0.266 e. The van der Waals surface area contributed by atoms with Crippen LogP contribution in [0.1, 0.15) is 19.8 Å². The molecule has 1 aromatic rings. The maximum atomic E-state index is 11.0. The van der Waals surface area contributed by atoms with Gasteiger partial charge < -0.3 is 5.32 Å². The van der Waals surface area contributed by atoms with Crippen LogP contribution < -0.4 is 10.9 Å². The van der Waals surface area contributed by atoms with Crippen molar-refractivity contribution in [3.05, 3.63) is 22.6 Å². The van der Waals surface area contributed by atoms with E-state index in [9.17, 15) is 4.79 Å². The monoisotopic (exact) mass is 222 g/mol. The summed E-state index contributed by atoms with van der Waals surface area (Å²) < 4.78 is 0. The van der Waals surface area contributed by atoms with Crippen LogP contribution in [0.3, 0.4) is 0 Å². The van der Waals surface area contributed by atoms with Gasteiger partial charge in [-0.05, 0) is 32.9 Å². The molecule has 0 radical (unpaired) electrons. The van der Waals surface area contributed by atoms with Crippen molar-refractivity contribution in [1.82, 2.24) is 15.1 Å². The van der Waals surface area contributed by atoms with E-state index in [4.69, 9.17) is 0 Å². The van der Waals surface area contributed by atoms with Gasteiger partial charge in [0.05, 0.1) is 11.9 Å². The molecule has 2 N–H and O–H groups in total. The number of aromatic amines is 1. The molecule has 1 saturated heterocycles. The largest absolute Gasteiger partial charge is 0.382 e. The van der Waals surface area contributed by atoms with Gasteiger partial charge in [0.25, 0.3) is 5.56 Å². The summed E-state index contributed by atoms with van der Waals surface area (Å²) in [5.74, 6) is 0. The Hall–Kier alpha value is -1.36. The van der Waals surface area contributed by atoms with Crippen LogP contribution in [0.4, 0.5) is 5.69 Å². The van der Waals surface area contributed by atoms with Crippen LogP contribution in [0, 0.1) is 0 Å². The van der Waals surface area contributed by atoms with E-state index < -0.39 is 0 Å². The highest BCUT2D eigenvalue weighted by atomic mass is 16.1. The van der Waals surface area contributed by atoms with Crippen molar-refractivity contribution in [1.29, 1.82) is 0 Å². The molecular weight excluding hydrogens is 204 g/mol. The van der Waals surface area contributed by atoms with Crippen LogP contribution in [0.15, 0.2) is 17.1 Å². The zero-order chi connectivity index (χ0) is 11.4. The molecule has 88 valence electrons. The van der Waals surface area contributed by atoms with Crippen LogP contribution in [0.5, 0.6) is 0 Å². The van der Waals surface area contributed by atoms with E-state index in [1.54, 1.807) is 6.20 Å². The summed E-state index contributed by atoms with van der Waals surface area (Å²) in [4.78, 5) is 13.5. The van der Waals surface area contributed by atoms with E-state index in [-0.39, 0.29) is 5.56 Å². The van der Waals surface area contributed by atoms with E-state index in [1.807, 2.05) is 0 Å². The van der Waals surface area contributed by atoms with Crippen LogP contribution >= 0.6 is 0 Å². The Balaban J connectivity index is 1.84. The van der Waals surface area contributed by atoms with Crippen molar-refractivity contribution in [2.45, 2.75) is 25.8 Å². The Morgan fingerprint density at radius 2 is 2.31 bits per heavy atom. The van der Waals surface area contributed by atoms with Gasteiger partial charge in [0.15, 0.2) is 0 Å². The zero-order valence-electron chi connectivity index (χ0n) is 9.57. The molecule has 1 aliphatic rings. The minimum absolute atomic E-state index is 0.168. The predicted molar refractivity (Wildman–Crippen MR) is 63.6 cm³/mol. The molecule has 16 heavy (non-hydrogen) atoms.